The summed E-state index contributed by atoms with van der Waals surface area (Å²) in [5, 5.41) is 9.69. The second-order valence-corrected chi connectivity index (χ2v) is 7.86. The largest absolute Gasteiger partial charge is 0.326 e. The van der Waals surface area contributed by atoms with Crippen LogP contribution < -0.4 is 10.6 Å². The predicted molar refractivity (Wildman–Crippen MR) is 106 cm³/mol. The van der Waals surface area contributed by atoms with E-state index in [0.717, 1.165) is 9.26 Å². The fourth-order valence-electron chi connectivity index (χ4n) is 1.95. The molecule has 0 bridgehead atoms. The Kier molecular flexibility index (Phi) is 5.59. The number of carbonyl (C=O) groups is 2. The first-order valence-corrected chi connectivity index (χ1v) is 9.78. The second kappa shape index (κ2) is 7.86. The number of hydrogen-bond acceptors (Lipinski definition) is 5. The van der Waals surface area contributed by atoms with Crippen LogP contribution in [0.5, 0.6) is 0 Å². The number of aromatic nitrogens is 1. The summed E-state index contributed by atoms with van der Waals surface area (Å²) in [6, 6.07) is 11.2. The molecule has 0 fully saturated rings. The van der Waals surface area contributed by atoms with Gasteiger partial charge in [0.05, 0.1) is 17.0 Å². The van der Waals surface area contributed by atoms with E-state index in [-0.39, 0.29) is 18.2 Å². The maximum atomic E-state index is 12.1. The number of halogens is 1. The van der Waals surface area contributed by atoms with Crippen LogP contribution in [0.15, 0.2) is 47.2 Å². The number of nitrogens with one attached hydrogen (secondary N) is 2. The first kappa shape index (κ1) is 17.1. The molecule has 8 heteroatoms. The van der Waals surface area contributed by atoms with Gasteiger partial charge in [-0.2, -0.15) is 0 Å². The minimum atomic E-state index is -0.186. The van der Waals surface area contributed by atoms with Gasteiger partial charge in [0.25, 0.3) is 5.91 Å². The zero-order valence-electron chi connectivity index (χ0n) is 12.3. The van der Waals surface area contributed by atoms with Gasteiger partial charge in [0.1, 0.15) is 0 Å². The number of benzene rings is 1. The Balaban J connectivity index is 1.57. The average molecular weight is 469 g/mol. The van der Waals surface area contributed by atoms with Gasteiger partial charge in [0, 0.05) is 14.6 Å². The van der Waals surface area contributed by atoms with Crippen LogP contribution in [0.2, 0.25) is 0 Å². The van der Waals surface area contributed by atoms with Crippen LogP contribution in [-0.2, 0) is 11.2 Å². The van der Waals surface area contributed by atoms with E-state index in [9.17, 15) is 9.59 Å². The van der Waals surface area contributed by atoms with E-state index < -0.39 is 0 Å². The molecule has 1 aromatic carbocycles. The smallest absolute Gasteiger partial charge is 0.267 e. The molecule has 0 radical (unpaired) electrons. The number of thiophene rings is 1. The molecule has 2 aromatic heterocycles. The molecule has 0 aliphatic heterocycles. The van der Waals surface area contributed by atoms with Gasteiger partial charge < -0.3 is 5.32 Å². The van der Waals surface area contributed by atoms with Gasteiger partial charge in [0.15, 0.2) is 5.13 Å². The van der Waals surface area contributed by atoms with Crippen LogP contribution in [0.3, 0.4) is 0 Å². The van der Waals surface area contributed by atoms with Gasteiger partial charge in [-0.1, -0.05) is 12.1 Å². The van der Waals surface area contributed by atoms with Crippen LogP contribution in [0.4, 0.5) is 10.8 Å². The molecule has 0 atom stereocenters. The van der Waals surface area contributed by atoms with Crippen LogP contribution in [-0.4, -0.2) is 16.8 Å². The predicted octanol–water partition coefficient (Wildman–Crippen LogP) is 4.24. The fraction of sp³-hybridized carbons (Fsp3) is 0.0625. The molecule has 0 saturated carbocycles. The number of carbonyl (C=O) groups excluding carboxylic acids is 2. The molecule has 3 rings (SSSR count). The number of amides is 2. The van der Waals surface area contributed by atoms with Gasteiger partial charge in [-0.25, -0.2) is 4.98 Å². The minimum absolute atomic E-state index is 0.140. The minimum Gasteiger partial charge on any atom is -0.326 e. The molecule has 2 heterocycles. The first-order valence-electron chi connectivity index (χ1n) is 6.95. The van der Waals surface area contributed by atoms with E-state index in [1.165, 1.54) is 22.7 Å². The highest BCUT2D eigenvalue weighted by Gasteiger charge is 2.12. The van der Waals surface area contributed by atoms with Crippen molar-refractivity contribution in [2.24, 2.45) is 0 Å². The zero-order valence-corrected chi connectivity index (χ0v) is 16.1. The Morgan fingerprint density at radius 3 is 2.75 bits per heavy atom. The molecule has 0 aliphatic rings. The molecular formula is C16H12IN3O2S2. The van der Waals surface area contributed by atoms with Crippen molar-refractivity contribution in [2.45, 2.75) is 6.42 Å². The molecule has 24 heavy (non-hydrogen) atoms. The van der Waals surface area contributed by atoms with Crippen molar-refractivity contribution in [1.82, 2.24) is 4.98 Å². The van der Waals surface area contributed by atoms with Crippen molar-refractivity contribution in [1.29, 1.82) is 0 Å². The van der Waals surface area contributed by atoms with Gasteiger partial charge in [-0.05, 0) is 52.2 Å². The van der Waals surface area contributed by atoms with E-state index in [1.807, 2.05) is 35.7 Å². The normalized spacial score (nSPS) is 10.4. The number of nitrogens with zero attached hydrogens (tertiary/aromatic N) is 1. The summed E-state index contributed by atoms with van der Waals surface area (Å²) in [5.74, 6) is -0.326. The quantitative estimate of drug-likeness (QED) is 0.550. The summed E-state index contributed by atoms with van der Waals surface area (Å²) >= 11 is 4.87. The summed E-state index contributed by atoms with van der Waals surface area (Å²) < 4.78 is 1.05. The molecule has 0 aliphatic carbocycles. The van der Waals surface area contributed by atoms with E-state index in [1.54, 1.807) is 11.4 Å². The number of thiazole rings is 1. The Morgan fingerprint density at radius 1 is 1.12 bits per heavy atom. The lowest BCUT2D eigenvalue weighted by Crippen LogP contribution is -2.15. The standard InChI is InChI=1S/C16H12IN3O2S2/c17-10-3-1-4-11(7-10)18-14(21)8-12-9-24-16(19-12)20-15(22)13-5-2-6-23-13/h1-7,9H,8H2,(H,18,21)(H,19,20,22). The van der Waals surface area contributed by atoms with Gasteiger partial charge in [0.2, 0.25) is 5.91 Å². The van der Waals surface area contributed by atoms with Gasteiger partial charge >= 0.3 is 0 Å². The Bertz CT molecular complexity index is 862. The van der Waals surface area contributed by atoms with Crippen molar-refractivity contribution < 1.29 is 9.59 Å². The van der Waals surface area contributed by atoms with Gasteiger partial charge in [-0.15, -0.1) is 22.7 Å². The number of anilines is 2. The van der Waals surface area contributed by atoms with Crippen molar-refractivity contribution in [3.8, 4) is 0 Å². The highest BCUT2D eigenvalue weighted by atomic mass is 127. The third-order valence-electron chi connectivity index (χ3n) is 2.97. The van der Waals surface area contributed by atoms with E-state index >= 15 is 0 Å². The monoisotopic (exact) mass is 469 g/mol. The zero-order chi connectivity index (χ0) is 16.9. The average Bonchev–Trinajstić information content (AvgIpc) is 3.19. The lowest BCUT2D eigenvalue weighted by Gasteiger charge is -2.04. The number of rotatable bonds is 5. The molecule has 5 nitrogen and oxygen atoms in total. The summed E-state index contributed by atoms with van der Waals surface area (Å²) in [7, 11) is 0. The van der Waals surface area contributed by atoms with E-state index in [4.69, 9.17) is 0 Å². The fourth-order valence-corrected chi connectivity index (χ4v) is 3.82. The molecule has 0 saturated heterocycles. The van der Waals surface area contributed by atoms with Crippen LogP contribution in [0.25, 0.3) is 0 Å². The molecule has 0 unspecified atom stereocenters. The highest BCUT2D eigenvalue weighted by Crippen LogP contribution is 2.19. The first-order chi connectivity index (χ1) is 11.6. The number of hydrogen-bond donors (Lipinski definition) is 2. The molecule has 0 spiro atoms. The SMILES string of the molecule is O=C(Cc1csc(NC(=O)c2cccs2)n1)Nc1cccc(I)c1. The lowest BCUT2D eigenvalue weighted by molar-refractivity contribution is -0.115. The third kappa shape index (κ3) is 4.62. The van der Waals surface area contributed by atoms with E-state index in [0.29, 0.717) is 15.7 Å². The molecule has 2 amide bonds. The third-order valence-corrected chi connectivity index (χ3v) is 5.31. The highest BCUT2D eigenvalue weighted by molar-refractivity contribution is 14.1. The second-order valence-electron chi connectivity index (χ2n) is 4.81. The summed E-state index contributed by atoms with van der Waals surface area (Å²) in [4.78, 5) is 29.0. The topological polar surface area (TPSA) is 71.1 Å². The summed E-state index contributed by atoms with van der Waals surface area (Å²) in [5.41, 5.74) is 1.39. The molecule has 122 valence electrons. The van der Waals surface area contributed by atoms with Gasteiger partial charge in [-0.3, -0.25) is 14.9 Å². The maximum absolute atomic E-state index is 12.1. The van der Waals surface area contributed by atoms with Crippen LogP contribution in [0, 0.1) is 3.57 Å². The molecular weight excluding hydrogens is 457 g/mol. The molecule has 3 aromatic rings. The molecule has 2 N–H and O–H groups in total. The Hall–Kier alpha value is -1.78. The lowest BCUT2D eigenvalue weighted by atomic mass is 10.3. The van der Waals surface area contributed by atoms with Crippen LogP contribution in [0.1, 0.15) is 15.4 Å². The Morgan fingerprint density at radius 2 is 2.00 bits per heavy atom. The van der Waals surface area contributed by atoms with E-state index in [2.05, 4.69) is 38.2 Å². The maximum Gasteiger partial charge on any atom is 0.267 e. The van der Waals surface area contributed by atoms with Crippen molar-refractivity contribution in [3.05, 3.63) is 61.3 Å². The summed E-state index contributed by atoms with van der Waals surface area (Å²) in [6.45, 7) is 0. The Labute approximate surface area is 160 Å². The summed E-state index contributed by atoms with van der Waals surface area (Å²) in [6.07, 6.45) is 0.164. The van der Waals surface area contributed by atoms with Crippen molar-refractivity contribution >= 4 is 67.9 Å². The van der Waals surface area contributed by atoms with Crippen molar-refractivity contribution in [2.75, 3.05) is 10.6 Å². The van der Waals surface area contributed by atoms with Crippen molar-refractivity contribution in [3.63, 3.8) is 0 Å². The van der Waals surface area contributed by atoms with Crippen LogP contribution >= 0.6 is 45.3 Å².